The highest BCUT2D eigenvalue weighted by atomic mass is 14.8. The zero-order valence-corrected chi connectivity index (χ0v) is 10.0. The molecule has 3 nitrogen and oxygen atoms in total. The largest absolute Gasteiger partial charge is 0.346 e. The Bertz CT molecular complexity index is 841. The van der Waals surface area contributed by atoms with Crippen molar-refractivity contribution < 1.29 is 0 Å². The van der Waals surface area contributed by atoms with Gasteiger partial charge in [-0.05, 0) is 30.3 Å². The van der Waals surface area contributed by atoms with Gasteiger partial charge in [0.25, 0.3) is 0 Å². The second-order valence-corrected chi connectivity index (χ2v) is 4.04. The SMILES string of the molecule is N#Cc1cccc(C#Cc2ccnc3[nH]ccc23)c1. The molecule has 3 rings (SSSR count). The second-order valence-electron chi connectivity index (χ2n) is 4.04. The molecule has 2 heterocycles. The molecule has 0 aliphatic rings. The molecule has 2 aromatic heterocycles. The van der Waals surface area contributed by atoms with Gasteiger partial charge < -0.3 is 4.98 Å². The van der Waals surface area contributed by atoms with Gasteiger partial charge in [-0.3, -0.25) is 0 Å². The smallest absolute Gasteiger partial charge is 0.138 e. The van der Waals surface area contributed by atoms with Gasteiger partial charge in [-0.1, -0.05) is 17.9 Å². The Hall–Kier alpha value is -3.04. The minimum atomic E-state index is 0.619. The van der Waals surface area contributed by atoms with Crippen LogP contribution in [0.3, 0.4) is 0 Å². The van der Waals surface area contributed by atoms with Crippen molar-refractivity contribution in [2.45, 2.75) is 0 Å². The molecule has 0 fully saturated rings. The minimum Gasteiger partial charge on any atom is -0.346 e. The summed E-state index contributed by atoms with van der Waals surface area (Å²) < 4.78 is 0. The summed E-state index contributed by atoms with van der Waals surface area (Å²) in [5.41, 5.74) is 3.21. The van der Waals surface area contributed by atoms with Gasteiger partial charge in [-0.2, -0.15) is 5.26 Å². The van der Waals surface area contributed by atoms with Crippen LogP contribution in [0, 0.1) is 23.2 Å². The first-order chi connectivity index (χ1) is 9.36. The van der Waals surface area contributed by atoms with E-state index in [1.165, 1.54) is 0 Å². The molecular formula is C16H9N3. The summed E-state index contributed by atoms with van der Waals surface area (Å²) in [7, 11) is 0. The topological polar surface area (TPSA) is 52.5 Å². The van der Waals surface area contributed by atoms with E-state index < -0.39 is 0 Å². The molecule has 0 spiro atoms. The molecule has 88 valence electrons. The van der Waals surface area contributed by atoms with Crippen LogP contribution in [0.25, 0.3) is 11.0 Å². The first-order valence-electron chi connectivity index (χ1n) is 5.81. The van der Waals surface area contributed by atoms with E-state index in [1.807, 2.05) is 30.5 Å². The molecule has 0 atom stereocenters. The normalized spacial score (nSPS) is 9.63. The van der Waals surface area contributed by atoms with Crippen molar-refractivity contribution in [2.75, 3.05) is 0 Å². The molecular weight excluding hydrogens is 234 g/mol. The number of aromatic nitrogens is 2. The third-order valence-electron chi connectivity index (χ3n) is 2.79. The molecule has 1 aromatic carbocycles. The van der Waals surface area contributed by atoms with Crippen LogP contribution in [0.4, 0.5) is 0 Å². The summed E-state index contributed by atoms with van der Waals surface area (Å²) in [6.45, 7) is 0. The Morgan fingerprint density at radius 1 is 1.05 bits per heavy atom. The third kappa shape index (κ3) is 2.18. The van der Waals surface area contributed by atoms with E-state index in [2.05, 4.69) is 27.9 Å². The van der Waals surface area contributed by atoms with Crippen LogP contribution in [0.2, 0.25) is 0 Å². The van der Waals surface area contributed by atoms with Crippen LogP contribution >= 0.6 is 0 Å². The molecule has 0 amide bonds. The van der Waals surface area contributed by atoms with Gasteiger partial charge in [0, 0.05) is 28.9 Å². The quantitative estimate of drug-likeness (QED) is 0.617. The van der Waals surface area contributed by atoms with Crippen LogP contribution in [-0.4, -0.2) is 9.97 Å². The van der Waals surface area contributed by atoms with E-state index in [0.717, 1.165) is 22.2 Å². The lowest BCUT2D eigenvalue weighted by molar-refractivity contribution is 1.32. The highest BCUT2D eigenvalue weighted by Crippen LogP contribution is 2.14. The molecule has 19 heavy (non-hydrogen) atoms. The maximum Gasteiger partial charge on any atom is 0.138 e. The van der Waals surface area contributed by atoms with Gasteiger partial charge in [0.1, 0.15) is 5.65 Å². The lowest BCUT2D eigenvalue weighted by Gasteiger charge is -1.93. The molecule has 0 aliphatic carbocycles. The number of nitrogens with one attached hydrogen (secondary N) is 1. The molecule has 0 radical (unpaired) electrons. The van der Waals surface area contributed by atoms with E-state index in [9.17, 15) is 0 Å². The summed E-state index contributed by atoms with van der Waals surface area (Å²) in [4.78, 5) is 7.27. The predicted octanol–water partition coefficient (Wildman–Crippen LogP) is 2.83. The monoisotopic (exact) mass is 243 g/mol. The number of aromatic amines is 1. The van der Waals surface area contributed by atoms with Gasteiger partial charge in [0.15, 0.2) is 0 Å². The number of hydrogen-bond donors (Lipinski definition) is 1. The molecule has 1 N–H and O–H groups in total. The molecule has 0 bridgehead atoms. The van der Waals surface area contributed by atoms with E-state index >= 15 is 0 Å². The standard InChI is InChI=1S/C16H9N3/c17-11-13-3-1-2-12(10-13)4-5-14-6-8-18-16-15(14)7-9-19-16/h1-3,6-10H,(H,18,19). The van der Waals surface area contributed by atoms with Gasteiger partial charge >= 0.3 is 0 Å². The number of rotatable bonds is 0. The van der Waals surface area contributed by atoms with Crippen molar-refractivity contribution in [1.29, 1.82) is 5.26 Å². The molecule has 0 saturated carbocycles. The number of pyridine rings is 1. The molecule has 0 saturated heterocycles. The third-order valence-corrected chi connectivity index (χ3v) is 2.79. The van der Waals surface area contributed by atoms with Crippen LogP contribution in [-0.2, 0) is 0 Å². The summed E-state index contributed by atoms with van der Waals surface area (Å²) in [5.74, 6) is 6.20. The average Bonchev–Trinajstić information content (AvgIpc) is 2.94. The Balaban J connectivity index is 2.04. The van der Waals surface area contributed by atoms with Crippen molar-refractivity contribution in [2.24, 2.45) is 0 Å². The minimum absolute atomic E-state index is 0.619. The zero-order valence-electron chi connectivity index (χ0n) is 10.0. The molecule has 3 heteroatoms. The lowest BCUT2D eigenvalue weighted by Crippen LogP contribution is -1.81. The van der Waals surface area contributed by atoms with E-state index in [1.54, 1.807) is 18.3 Å². The Morgan fingerprint density at radius 2 is 1.95 bits per heavy atom. The number of benzene rings is 1. The predicted molar refractivity (Wildman–Crippen MR) is 73.2 cm³/mol. The summed E-state index contributed by atoms with van der Waals surface area (Å²) in [6.07, 6.45) is 3.58. The summed E-state index contributed by atoms with van der Waals surface area (Å²) in [6, 6.07) is 13.2. The average molecular weight is 243 g/mol. The van der Waals surface area contributed by atoms with Crippen LogP contribution in [0.5, 0.6) is 0 Å². The fourth-order valence-corrected chi connectivity index (χ4v) is 1.88. The molecule has 0 unspecified atom stereocenters. The van der Waals surface area contributed by atoms with Gasteiger partial charge in [0.2, 0.25) is 0 Å². The van der Waals surface area contributed by atoms with Crippen molar-refractivity contribution in [3.05, 3.63) is 65.5 Å². The Labute approximate surface area is 110 Å². The highest BCUT2D eigenvalue weighted by molar-refractivity contribution is 5.82. The van der Waals surface area contributed by atoms with Crippen molar-refractivity contribution in [1.82, 2.24) is 9.97 Å². The van der Waals surface area contributed by atoms with E-state index in [0.29, 0.717) is 5.56 Å². The first-order valence-corrected chi connectivity index (χ1v) is 5.81. The zero-order chi connectivity index (χ0) is 13.1. The maximum atomic E-state index is 8.85. The summed E-state index contributed by atoms with van der Waals surface area (Å²) >= 11 is 0. The summed E-state index contributed by atoms with van der Waals surface area (Å²) in [5, 5.41) is 9.86. The van der Waals surface area contributed by atoms with Gasteiger partial charge in [-0.25, -0.2) is 4.98 Å². The maximum absolute atomic E-state index is 8.85. The lowest BCUT2D eigenvalue weighted by atomic mass is 10.1. The number of hydrogen-bond acceptors (Lipinski definition) is 2. The molecule has 3 aromatic rings. The fourth-order valence-electron chi connectivity index (χ4n) is 1.88. The Morgan fingerprint density at radius 3 is 2.84 bits per heavy atom. The highest BCUT2D eigenvalue weighted by Gasteiger charge is 1.99. The van der Waals surface area contributed by atoms with E-state index in [4.69, 9.17) is 5.26 Å². The van der Waals surface area contributed by atoms with Gasteiger partial charge in [-0.15, -0.1) is 0 Å². The van der Waals surface area contributed by atoms with Crippen LogP contribution < -0.4 is 0 Å². The van der Waals surface area contributed by atoms with Crippen LogP contribution in [0.1, 0.15) is 16.7 Å². The molecule has 0 aliphatic heterocycles. The van der Waals surface area contributed by atoms with E-state index in [-0.39, 0.29) is 0 Å². The Kier molecular flexibility index (Phi) is 2.73. The fraction of sp³-hybridized carbons (Fsp3) is 0. The van der Waals surface area contributed by atoms with Crippen molar-refractivity contribution in [3.8, 4) is 17.9 Å². The second kappa shape index (κ2) is 4.68. The first kappa shape index (κ1) is 11.1. The van der Waals surface area contributed by atoms with Gasteiger partial charge in [0.05, 0.1) is 11.6 Å². The number of nitrogens with zero attached hydrogens (tertiary/aromatic N) is 2. The number of H-pyrrole nitrogens is 1. The van der Waals surface area contributed by atoms with Crippen LogP contribution in [0.15, 0.2) is 48.8 Å². The van der Waals surface area contributed by atoms with Crippen molar-refractivity contribution >= 4 is 11.0 Å². The van der Waals surface area contributed by atoms with Crippen molar-refractivity contribution in [3.63, 3.8) is 0 Å². The number of nitriles is 1. The number of fused-ring (bicyclic) bond motifs is 1.